The second-order valence-corrected chi connectivity index (χ2v) is 10.7. The summed E-state index contributed by atoms with van der Waals surface area (Å²) in [5, 5.41) is 3.46. The highest BCUT2D eigenvalue weighted by Crippen LogP contribution is 2.68. The highest BCUT2D eigenvalue weighted by molar-refractivity contribution is 5.09. The van der Waals surface area contributed by atoms with Crippen molar-refractivity contribution < 1.29 is 0 Å². The van der Waals surface area contributed by atoms with Gasteiger partial charge in [-0.3, -0.25) is 0 Å². The predicted molar refractivity (Wildman–Crippen MR) is 103 cm³/mol. The van der Waals surface area contributed by atoms with Crippen LogP contribution in [0.25, 0.3) is 0 Å². The van der Waals surface area contributed by atoms with E-state index < -0.39 is 0 Å². The molecule has 8 atom stereocenters. The molecule has 4 fully saturated rings. The highest BCUT2D eigenvalue weighted by Gasteiger charge is 2.59. The van der Waals surface area contributed by atoms with Crippen LogP contribution in [0.15, 0.2) is 0 Å². The van der Waals surface area contributed by atoms with Crippen molar-refractivity contribution in [2.75, 3.05) is 13.6 Å². The maximum absolute atomic E-state index is 3.46. The molecule has 4 aliphatic rings. The Kier molecular flexibility index (Phi) is 4.55. The van der Waals surface area contributed by atoms with Crippen molar-refractivity contribution >= 4 is 0 Å². The zero-order valence-electron chi connectivity index (χ0n) is 16.7. The van der Waals surface area contributed by atoms with Crippen LogP contribution in [0, 0.1) is 46.3 Å². The Labute approximate surface area is 150 Å². The lowest BCUT2D eigenvalue weighted by Crippen LogP contribution is -2.53. The van der Waals surface area contributed by atoms with E-state index in [9.17, 15) is 0 Å². The molecule has 6 unspecified atom stereocenters. The summed E-state index contributed by atoms with van der Waals surface area (Å²) in [6, 6.07) is 0. The average Bonchev–Trinajstić information content (AvgIpc) is 2.92. The molecule has 1 N–H and O–H groups in total. The highest BCUT2D eigenvalue weighted by atomic mass is 14.8. The lowest BCUT2D eigenvalue weighted by atomic mass is 9.44. The fourth-order valence-electron chi connectivity index (χ4n) is 8.73. The zero-order chi connectivity index (χ0) is 16.9. The van der Waals surface area contributed by atoms with Gasteiger partial charge in [-0.25, -0.2) is 0 Å². The smallest absolute Gasteiger partial charge is 0.00233 e. The standard InChI is InChI=1S/C23H41N/c1-16(15-24-4)19-10-11-20-18-9-8-17-7-5-6-13-22(17,2)21(18)12-14-23(19,20)3/h16-21,24H,5-15H2,1-4H3/t16?,17?,18?,19?,20?,21?,22-,23+/m0/s1. The summed E-state index contributed by atoms with van der Waals surface area (Å²) in [5.74, 6) is 6.05. The van der Waals surface area contributed by atoms with Gasteiger partial charge in [0.05, 0.1) is 0 Å². The largest absolute Gasteiger partial charge is 0.319 e. The van der Waals surface area contributed by atoms with E-state index in [1.54, 1.807) is 32.1 Å². The van der Waals surface area contributed by atoms with E-state index in [1.807, 2.05) is 0 Å². The van der Waals surface area contributed by atoms with Gasteiger partial charge < -0.3 is 5.32 Å². The Morgan fingerprint density at radius 2 is 1.67 bits per heavy atom. The molecular formula is C23H41N. The third kappa shape index (κ3) is 2.43. The molecule has 4 rings (SSSR count). The monoisotopic (exact) mass is 331 g/mol. The van der Waals surface area contributed by atoms with Crippen molar-refractivity contribution in [3.8, 4) is 0 Å². The van der Waals surface area contributed by atoms with Crippen LogP contribution in [-0.4, -0.2) is 13.6 Å². The van der Waals surface area contributed by atoms with E-state index in [2.05, 4.69) is 33.1 Å². The van der Waals surface area contributed by atoms with Crippen LogP contribution in [0.4, 0.5) is 0 Å². The Hall–Kier alpha value is -0.0400. The first-order valence-corrected chi connectivity index (χ1v) is 11.2. The molecule has 0 spiro atoms. The van der Waals surface area contributed by atoms with Gasteiger partial charge in [-0.15, -0.1) is 0 Å². The van der Waals surface area contributed by atoms with Crippen LogP contribution in [0.1, 0.15) is 85.0 Å². The SMILES string of the molecule is CNCC(C)C1CCC2C3CCC4CCCC[C@]4(C)C3CC[C@]12C. The van der Waals surface area contributed by atoms with Gasteiger partial charge in [0, 0.05) is 0 Å². The molecular weight excluding hydrogens is 290 g/mol. The minimum Gasteiger partial charge on any atom is -0.319 e. The van der Waals surface area contributed by atoms with Crippen molar-refractivity contribution in [3.05, 3.63) is 0 Å². The first kappa shape index (κ1) is 17.4. The van der Waals surface area contributed by atoms with E-state index in [0.717, 1.165) is 35.5 Å². The van der Waals surface area contributed by atoms with Gasteiger partial charge in [-0.1, -0.05) is 33.6 Å². The summed E-state index contributed by atoms with van der Waals surface area (Å²) in [7, 11) is 2.13. The zero-order valence-corrected chi connectivity index (χ0v) is 16.7. The van der Waals surface area contributed by atoms with Gasteiger partial charge in [0.15, 0.2) is 0 Å². The average molecular weight is 332 g/mol. The molecule has 0 aliphatic heterocycles. The third-order valence-electron chi connectivity index (χ3n) is 9.87. The minimum absolute atomic E-state index is 0.648. The first-order chi connectivity index (χ1) is 11.5. The quantitative estimate of drug-likeness (QED) is 0.680. The Balaban J connectivity index is 1.57. The van der Waals surface area contributed by atoms with Gasteiger partial charge in [-0.2, -0.15) is 0 Å². The molecule has 4 saturated carbocycles. The second kappa shape index (κ2) is 6.29. The van der Waals surface area contributed by atoms with E-state index in [-0.39, 0.29) is 0 Å². The summed E-state index contributed by atoms with van der Waals surface area (Å²) in [6.45, 7) is 9.14. The molecule has 1 heteroatoms. The van der Waals surface area contributed by atoms with E-state index in [1.165, 1.54) is 38.6 Å². The summed E-state index contributed by atoms with van der Waals surface area (Å²) in [4.78, 5) is 0. The number of fused-ring (bicyclic) bond motifs is 5. The fraction of sp³-hybridized carbons (Fsp3) is 1.00. The first-order valence-electron chi connectivity index (χ1n) is 11.2. The summed E-state index contributed by atoms with van der Waals surface area (Å²) in [6.07, 6.45) is 15.4. The molecule has 0 aromatic rings. The summed E-state index contributed by atoms with van der Waals surface area (Å²) >= 11 is 0. The van der Waals surface area contributed by atoms with Gasteiger partial charge in [-0.05, 0) is 111 Å². The molecule has 0 aromatic heterocycles. The summed E-state index contributed by atoms with van der Waals surface area (Å²) < 4.78 is 0. The van der Waals surface area contributed by atoms with Crippen LogP contribution < -0.4 is 5.32 Å². The molecule has 0 bridgehead atoms. The molecule has 0 aromatic carbocycles. The fourth-order valence-corrected chi connectivity index (χ4v) is 8.73. The Morgan fingerprint density at radius 1 is 0.875 bits per heavy atom. The predicted octanol–water partition coefficient (Wildman–Crippen LogP) is 5.89. The van der Waals surface area contributed by atoms with Crippen molar-refractivity contribution in [1.82, 2.24) is 5.32 Å². The van der Waals surface area contributed by atoms with E-state index in [0.29, 0.717) is 10.8 Å². The van der Waals surface area contributed by atoms with Crippen LogP contribution in [0.5, 0.6) is 0 Å². The summed E-state index contributed by atoms with van der Waals surface area (Å²) in [5.41, 5.74) is 1.35. The second-order valence-electron chi connectivity index (χ2n) is 10.7. The molecule has 0 heterocycles. The van der Waals surface area contributed by atoms with Gasteiger partial charge >= 0.3 is 0 Å². The van der Waals surface area contributed by atoms with E-state index in [4.69, 9.17) is 0 Å². The van der Waals surface area contributed by atoms with Gasteiger partial charge in [0.25, 0.3) is 0 Å². The molecule has 0 amide bonds. The maximum Gasteiger partial charge on any atom is -0.00233 e. The van der Waals surface area contributed by atoms with Crippen LogP contribution >= 0.6 is 0 Å². The topological polar surface area (TPSA) is 12.0 Å². The molecule has 24 heavy (non-hydrogen) atoms. The third-order valence-corrected chi connectivity index (χ3v) is 9.87. The molecule has 138 valence electrons. The Morgan fingerprint density at radius 3 is 2.46 bits per heavy atom. The van der Waals surface area contributed by atoms with Gasteiger partial charge in [0.1, 0.15) is 0 Å². The lowest BCUT2D eigenvalue weighted by Gasteiger charge is -2.61. The molecule has 0 radical (unpaired) electrons. The number of hydrogen-bond acceptors (Lipinski definition) is 1. The van der Waals surface area contributed by atoms with Crippen LogP contribution in [0.2, 0.25) is 0 Å². The number of hydrogen-bond donors (Lipinski definition) is 1. The van der Waals surface area contributed by atoms with Crippen molar-refractivity contribution in [2.45, 2.75) is 85.0 Å². The van der Waals surface area contributed by atoms with Crippen molar-refractivity contribution in [2.24, 2.45) is 46.3 Å². The molecule has 1 nitrogen and oxygen atoms in total. The van der Waals surface area contributed by atoms with Crippen LogP contribution in [0.3, 0.4) is 0 Å². The molecule has 4 aliphatic carbocycles. The maximum atomic E-state index is 3.46. The van der Waals surface area contributed by atoms with Crippen molar-refractivity contribution in [1.29, 1.82) is 0 Å². The van der Waals surface area contributed by atoms with Crippen molar-refractivity contribution in [3.63, 3.8) is 0 Å². The normalized spacial score (nSPS) is 52.2. The lowest BCUT2D eigenvalue weighted by molar-refractivity contribution is -0.114. The van der Waals surface area contributed by atoms with Crippen LogP contribution in [-0.2, 0) is 0 Å². The number of nitrogens with one attached hydrogen (secondary N) is 1. The van der Waals surface area contributed by atoms with E-state index >= 15 is 0 Å². The minimum atomic E-state index is 0.648. The Bertz CT molecular complexity index is 459. The van der Waals surface area contributed by atoms with Gasteiger partial charge in [0.2, 0.25) is 0 Å². The number of rotatable bonds is 3. The molecule has 0 saturated heterocycles.